The van der Waals surface area contributed by atoms with Crippen LogP contribution in [0.2, 0.25) is 0 Å². The molecule has 0 saturated carbocycles. The Morgan fingerprint density at radius 3 is 2.11 bits per heavy atom. The molecule has 4 aliphatic rings. The van der Waals surface area contributed by atoms with Crippen LogP contribution in [0.25, 0.3) is 0 Å². The predicted molar refractivity (Wildman–Crippen MR) is 198 cm³/mol. The van der Waals surface area contributed by atoms with Gasteiger partial charge in [-0.15, -0.1) is 6.58 Å². The third-order valence-corrected chi connectivity index (χ3v) is 10.3. The molecule has 336 valence electrons. The van der Waals surface area contributed by atoms with E-state index in [-0.39, 0.29) is 12.2 Å². The third-order valence-electron chi connectivity index (χ3n) is 10.3. The van der Waals surface area contributed by atoms with Crippen molar-refractivity contribution in [3.05, 3.63) is 72.0 Å². The Labute approximate surface area is 351 Å². The smallest absolute Gasteiger partial charge is 0.342 e. The van der Waals surface area contributed by atoms with Gasteiger partial charge in [-0.2, -0.15) is 0 Å². The van der Waals surface area contributed by atoms with Crippen LogP contribution in [-0.4, -0.2) is 153 Å². The van der Waals surface area contributed by atoms with Crippen molar-refractivity contribution in [2.45, 2.75) is 88.0 Å². The second-order valence-corrected chi connectivity index (χ2v) is 14.4. The van der Waals surface area contributed by atoms with Crippen LogP contribution in [0.15, 0.2) is 60.9 Å². The summed E-state index contributed by atoms with van der Waals surface area (Å²) in [7, 11) is 0. The molecular formula is C40H44O22. The largest absolute Gasteiger partial charge is 0.504 e. The molecule has 2 aromatic rings. The van der Waals surface area contributed by atoms with Gasteiger partial charge in [0.2, 0.25) is 18.9 Å². The van der Waals surface area contributed by atoms with Gasteiger partial charge in [0.15, 0.2) is 41.3 Å². The second kappa shape index (κ2) is 19.4. The first-order chi connectivity index (χ1) is 29.5. The number of hydrogen-bond acceptors (Lipinski definition) is 22. The molecule has 0 aliphatic carbocycles. The summed E-state index contributed by atoms with van der Waals surface area (Å²) in [4.78, 5) is 65.2. The molecule has 6 rings (SSSR count). The number of aliphatic hydroxyl groups is 4. The van der Waals surface area contributed by atoms with Crippen LogP contribution in [0, 0.1) is 11.8 Å². The predicted octanol–water partition coefficient (Wildman–Crippen LogP) is -0.425. The number of phenols is 3. The molecule has 7 N–H and O–H groups in total. The summed E-state index contributed by atoms with van der Waals surface area (Å²) in [5, 5.41) is 72.3. The first kappa shape index (κ1) is 45.5. The molecule has 4 heterocycles. The van der Waals surface area contributed by atoms with E-state index in [4.69, 9.17) is 47.4 Å². The fourth-order valence-electron chi connectivity index (χ4n) is 7.21. The van der Waals surface area contributed by atoms with Crippen molar-refractivity contribution in [3.8, 4) is 23.0 Å². The molecule has 62 heavy (non-hydrogen) atoms. The molecule has 13 atom stereocenters. The van der Waals surface area contributed by atoms with E-state index < -0.39 is 157 Å². The Morgan fingerprint density at radius 2 is 1.45 bits per heavy atom. The number of phenolic OH excluding ortho intramolecular Hbond substituents is 3. The molecule has 22 nitrogen and oxygen atoms in total. The number of benzene rings is 2. The van der Waals surface area contributed by atoms with E-state index in [1.54, 1.807) is 0 Å². The topological polar surface area (TPSA) is 319 Å². The molecule has 0 bridgehead atoms. The van der Waals surface area contributed by atoms with Crippen LogP contribution in [-0.2, 0) is 57.0 Å². The maximum Gasteiger partial charge on any atom is 0.342 e. The van der Waals surface area contributed by atoms with E-state index in [0.717, 1.165) is 44.4 Å². The first-order valence-corrected chi connectivity index (χ1v) is 19.0. The fraction of sp³-hybridized carbons (Fsp3) is 0.475. The minimum absolute atomic E-state index is 0.0653. The molecular weight excluding hydrogens is 832 g/mol. The molecule has 0 radical (unpaired) electrons. The quantitative estimate of drug-likeness (QED) is 0.0581. The molecule has 3 fully saturated rings. The number of cyclic esters (lactones) is 1. The number of rotatable bonds is 13. The number of carbonyl (C=O) groups excluding carboxylic acids is 5. The lowest BCUT2D eigenvalue weighted by Gasteiger charge is -2.46. The van der Waals surface area contributed by atoms with Crippen molar-refractivity contribution in [2.75, 3.05) is 19.8 Å². The van der Waals surface area contributed by atoms with Gasteiger partial charge in [-0.3, -0.25) is 9.59 Å². The lowest BCUT2D eigenvalue weighted by Crippen LogP contribution is -2.64. The highest BCUT2D eigenvalue weighted by atomic mass is 16.8. The van der Waals surface area contributed by atoms with Crippen LogP contribution in [0.5, 0.6) is 23.0 Å². The summed E-state index contributed by atoms with van der Waals surface area (Å²) in [6, 6.07) is 6.79. The Hall–Kier alpha value is -6.01. The van der Waals surface area contributed by atoms with Gasteiger partial charge in [-0.1, -0.05) is 18.2 Å². The van der Waals surface area contributed by atoms with E-state index in [9.17, 15) is 59.7 Å². The molecule has 2 aromatic carbocycles. The van der Waals surface area contributed by atoms with Gasteiger partial charge < -0.3 is 83.1 Å². The summed E-state index contributed by atoms with van der Waals surface area (Å²) in [6.45, 7) is 4.41. The highest BCUT2D eigenvalue weighted by molar-refractivity contribution is 5.94. The molecule has 0 spiro atoms. The lowest BCUT2D eigenvalue weighted by atomic mass is 9.81. The summed E-state index contributed by atoms with van der Waals surface area (Å²) >= 11 is 0. The third kappa shape index (κ3) is 9.55. The van der Waals surface area contributed by atoms with Gasteiger partial charge in [0.25, 0.3) is 0 Å². The van der Waals surface area contributed by atoms with Gasteiger partial charge in [-0.25, -0.2) is 14.4 Å². The van der Waals surface area contributed by atoms with Gasteiger partial charge in [0, 0.05) is 25.7 Å². The van der Waals surface area contributed by atoms with Crippen molar-refractivity contribution >= 4 is 29.8 Å². The molecule has 0 aromatic heterocycles. The molecule has 3 saturated heterocycles. The van der Waals surface area contributed by atoms with Crippen LogP contribution in [0.1, 0.15) is 41.0 Å². The summed E-state index contributed by atoms with van der Waals surface area (Å²) < 4.78 is 56.6. The highest BCUT2D eigenvalue weighted by Crippen LogP contribution is 2.41. The van der Waals surface area contributed by atoms with E-state index in [2.05, 4.69) is 6.58 Å². The minimum atomic E-state index is -1.95. The SMILES string of the molecule is C=C[C@@H]1[C@@H](O[C@H]2O[C@@H](COC(C)=O)[C@H](OC(=O)c3cccc(O[C@@H]4O[C@H](CO)[C@@H](O)[C@H](O)[C@H]4O)c3O)[C@@H](OC(C)=O)[C@@H]2OC(=O)c2cccc(O)c2O)OC=C2C(=O)OCC[C@H]21. The minimum Gasteiger partial charge on any atom is -0.504 e. The van der Waals surface area contributed by atoms with Crippen LogP contribution in [0.3, 0.4) is 0 Å². The number of fused-ring (bicyclic) bond motifs is 1. The Morgan fingerprint density at radius 1 is 0.790 bits per heavy atom. The van der Waals surface area contributed by atoms with Gasteiger partial charge in [0.1, 0.15) is 48.3 Å². The van der Waals surface area contributed by atoms with E-state index >= 15 is 0 Å². The second-order valence-electron chi connectivity index (χ2n) is 14.4. The molecule has 22 heteroatoms. The molecule has 4 aliphatic heterocycles. The summed E-state index contributed by atoms with van der Waals surface area (Å²) in [6.07, 6.45) is -16.3. The monoisotopic (exact) mass is 876 g/mol. The van der Waals surface area contributed by atoms with Crippen molar-refractivity contribution < 1.29 is 107 Å². The first-order valence-electron chi connectivity index (χ1n) is 19.0. The Balaban J connectivity index is 1.36. The van der Waals surface area contributed by atoms with Gasteiger partial charge >= 0.3 is 29.8 Å². The van der Waals surface area contributed by atoms with Crippen LogP contribution >= 0.6 is 0 Å². The summed E-state index contributed by atoms with van der Waals surface area (Å²) in [5.74, 6) is -9.53. The van der Waals surface area contributed by atoms with E-state index in [1.165, 1.54) is 18.2 Å². The maximum absolute atomic E-state index is 14.0. The standard InChI is InChI=1S/C40H44O22/c1-4-18-19-11-12-53-35(50)22(19)14-55-38(18)62-40-34(61-36(51)20-7-5-9-23(44)27(20)45)33(56-17(3)43)32(26(59-40)15-54-16(2)42)60-37(52)21-8-6-10-24(28(21)46)57-39-31(49)30(48)29(47)25(13-41)58-39/h4-10,14,18-19,25-26,29-34,38-41,44-49H,1,11-13,15H2,2-3H3/t18-,19-,25+,26-,29+,30-,31+,32-,33+,34-,38+,39+,40+/m0/s1. The van der Waals surface area contributed by atoms with E-state index in [1.807, 2.05) is 0 Å². The van der Waals surface area contributed by atoms with Crippen molar-refractivity contribution in [1.29, 1.82) is 0 Å². The number of para-hydroxylation sites is 2. The van der Waals surface area contributed by atoms with Crippen LogP contribution < -0.4 is 4.74 Å². The number of ether oxygens (including phenoxy) is 10. The molecule has 0 unspecified atom stereocenters. The van der Waals surface area contributed by atoms with Gasteiger partial charge in [-0.05, 0) is 30.7 Å². The number of esters is 5. The number of hydrogen-bond donors (Lipinski definition) is 7. The molecule has 0 amide bonds. The normalized spacial score (nSPS) is 31.7. The van der Waals surface area contributed by atoms with Crippen molar-refractivity contribution in [2.24, 2.45) is 11.8 Å². The number of aromatic hydroxyl groups is 3. The Kier molecular flexibility index (Phi) is 14.2. The number of carbonyl (C=O) groups is 5. The average molecular weight is 877 g/mol. The fourth-order valence-corrected chi connectivity index (χ4v) is 7.21. The highest BCUT2D eigenvalue weighted by Gasteiger charge is 2.55. The average Bonchev–Trinajstić information content (AvgIpc) is 3.23. The van der Waals surface area contributed by atoms with E-state index in [0.29, 0.717) is 6.42 Å². The van der Waals surface area contributed by atoms with Crippen molar-refractivity contribution in [3.63, 3.8) is 0 Å². The van der Waals surface area contributed by atoms with Gasteiger partial charge in [0.05, 0.1) is 25.0 Å². The maximum atomic E-state index is 14.0. The zero-order valence-corrected chi connectivity index (χ0v) is 32.9. The lowest BCUT2D eigenvalue weighted by molar-refractivity contribution is -0.338. The Bertz CT molecular complexity index is 2050. The van der Waals surface area contributed by atoms with Crippen LogP contribution in [0.4, 0.5) is 0 Å². The zero-order valence-electron chi connectivity index (χ0n) is 32.9. The summed E-state index contributed by atoms with van der Waals surface area (Å²) in [5.41, 5.74) is -1.01. The van der Waals surface area contributed by atoms with Crippen molar-refractivity contribution in [1.82, 2.24) is 0 Å². The zero-order chi connectivity index (χ0) is 45.0. The number of aliphatic hydroxyl groups excluding tert-OH is 4.